The van der Waals surface area contributed by atoms with Crippen LogP contribution < -0.4 is 5.56 Å². The van der Waals surface area contributed by atoms with Crippen molar-refractivity contribution in [1.29, 1.82) is 0 Å². The standard InChI is InChI=1S/C19H18F3N3OS/c20-19(21,22)14-7-4-8-24(10-14)11-15-9-17(26)25-16(12-27-18(25)23-15)13-5-2-1-3-6-13/h1-3,5-6,9,12,14H,4,7-8,10-11H2. The van der Waals surface area contributed by atoms with Gasteiger partial charge >= 0.3 is 6.18 Å². The summed E-state index contributed by atoms with van der Waals surface area (Å²) < 4.78 is 40.5. The van der Waals surface area contributed by atoms with Crippen LogP contribution in [0.25, 0.3) is 16.2 Å². The quantitative estimate of drug-likeness (QED) is 0.669. The summed E-state index contributed by atoms with van der Waals surface area (Å²) in [4.78, 5) is 19.5. The van der Waals surface area contributed by atoms with Gasteiger partial charge in [0.1, 0.15) is 0 Å². The molecule has 0 spiro atoms. The molecular weight excluding hydrogens is 375 g/mol. The largest absolute Gasteiger partial charge is 0.393 e. The zero-order valence-electron chi connectivity index (χ0n) is 14.4. The van der Waals surface area contributed by atoms with Gasteiger partial charge in [0.2, 0.25) is 0 Å². The first-order chi connectivity index (χ1) is 12.9. The molecule has 1 aromatic carbocycles. The first kappa shape index (κ1) is 18.2. The van der Waals surface area contributed by atoms with Gasteiger partial charge in [0.05, 0.1) is 17.3 Å². The molecule has 0 radical (unpaired) electrons. The molecule has 1 aliphatic rings. The van der Waals surface area contributed by atoms with Crippen molar-refractivity contribution in [3.8, 4) is 11.3 Å². The van der Waals surface area contributed by atoms with Gasteiger partial charge in [-0.3, -0.25) is 14.1 Å². The fraction of sp³-hybridized carbons (Fsp3) is 0.368. The molecule has 2 aromatic heterocycles. The first-order valence-corrected chi connectivity index (χ1v) is 9.64. The number of aromatic nitrogens is 2. The molecule has 1 unspecified atom stereocenters. The molecular formula is C19H18F3N3OS. The number of hydrogen-bond donors (Lipinski definition) is 0. The van der Waals surface area contributed by atoms with E-state index in [1.807, 2.05) is 35.7 Å². The van der Waals surface area contributed by atoms with Crippen LogP contribution in [-0.4, -0.2) is 33.6 Å². The molecule has 142 valence electrons. The highest BCUT2D eigenvalue weighted by atomic mass is 32.1. The summed E-state index contributed by atoms with van der Waals surface area (Å²) in [7, 11) is 0. The second-order valence-corrected chi connectivity index (χ2v) is 7.64. The molecule has 1 saturated heterocycles. The van der Waals surface area contributed by atoms with E-state index in [2.05, 4.69) is 4.98 Å². The molecule has 3 heterocycles. The summed E-state index contributed by atoms with van der Waals surface area (Å²) in [5.41, 5.74) is 2.00. The smallest absolute Gasteiger partial charge is 0.297 e. The highest BCUT2D eigenvalue weighted by molar-refractivity contribution is 7.15. The van der Waals surface area contributed by atoms with Gasteiger partial charge in [0.25, 0.3) is 5.56 Å². The molecule has 1 aliphatic heterocycles. The normalized spacial score (nSPS) is 18.9. The van der Waals surface area contributed by atoms with Crippen molar-refractivity contribution in [2.45, 2.75) is 25.6 Å². The lowest BCUT2D eigenvalue weighted by Crippen LogP contribution is -2.41. The van der Waals surface area contributed by atoms with Crippen LogP contribution in [0.4, 0.5) is 13.2 Å². The van der Waals surface area contributed by atoms with E-state index in [9.17, 15) is 18.0 Å². The third-order valence-corrected chi connectivity index (χ3v) is 5.71. The van der Waals surface area contributed by atoms with Gasteiger partial charge in [0.15, 0.2) is 4.96 Å². The Hall–Kier alpha value is -2.19. The van der Waals surface area contributed by atoms with Gasteiger partial charge in [-0.05, 0) is 24.9 Å². The van der Waals surface area contributed by atoms with Gasteiger partial charge < -0.3 is 0 Å². The molecule has 1 atom stereocenters. The van der Waals surface area contributed by atoms with Crippen molar-refractivity contribution in [1.82, 2.24) is 14.3 Å². The van der Waals surface area contributed by atoms with Crippen molar-refractivity contribution in [2.24, 2.45) is 5.92 Å². The number of fused-ring (bicyclic) bond motifs is 1. The minimum atomic E-state index is -4.17. The Bertz CT molecular complexity index is 997. The lowest BCUT2D eigenvalue weighted by Gasteiger charge is -2.33. The lowest BCUT2D eigenvalue weighted by atomic mass is 9.97. The maximum atomic E-state index is 13.0. The van der Waals surface area contributed by atoms with E-state index in [1.165, 1.54) is 17.4 Å². The second-order valence-electron chi connectivity index (χ2n) is 6.81. The maximum Gasteiger partial charge on any atom is 0.393 e. The molecule has 8 heteroatoms. The number of alkyl halides is 3. The Kier molecular flexibility index (Phi) is 4.77. The Balaban J connectivity index is 1.60. The summed E-state index contributed by atoms with van der Waals surface area (Å²) >= 11 is 1.36. The molecule has 0 bridgehead atoms. The molecule has 1 fully saturated rings. The number of halogens is 3. The Morgan fingerprint density at radius 2 is 2.00 bits per heavy atom. The molecule has 0 amide bonds. The fourth-order valence-corrected chi connectivity index (χ4v) is 4.47. The van der Waals surface area contributed by atoms with E-state index in [0.717, 1.165) is 11.3 Å². The summed E-state index contributed by atoms with van der Waals surface area (Å²) in [5.74, 6) is -1.30. The third-order valence-electron chi connectivity index (χ3n) is 4.88. The third kappa shape index (κ3) is 3.77. The van der Waals surface area contributed by atoms with Crippen LogP contribution >= 0.6 is 11.3 Å². The topological polar surface area (TPSA) is 37.6 Å². The molecule has 27 heavy (non-hydrogen) atoms. The number of likely N-dealkylation sites (tertiary alicyclic amines) is 1. The van der Waals surface area contributed by atoms with Crippen molar-refractivity contribution in [2.75, 3.05) is 13.1 Å². The highest BCUT2D eigenvalue weighted by Gasteiger charge is 2.41. The highest BCUT2D eigenvalue weighted by Crippen LogP contribution is 2.33. The van der Waals surface area contributed by atoms with Crippen LogP contribution in [0.5, 0.6) is 0 Å². The number of hydrogen-bond acceptors (Lipinski definition) is 4. The van der Waals surface area contributed by atoms with Crippen LogP contribution in [0.3, 0.4) is 0 Å². The fourth-order valence-electron chi connectivity index (χ4n) is 3.55. The van der Waals surface area contributed by atoms with Gasteiger partial charge in [-0.25, -0.2) is 4.98 Å². The first-order valence-electron chi connectivity index (χ1n) is 8.76. The molecule has 0 aliphatic carbocycles. The van der Waals surface area contributed by atoms with Crippen LogP contribution in [0.15, 0.2) is 46.6 Å². The average molecular weight is 393 g/mol. The van der Waals surface area contributed by atoms with Crippen LogP contribution in [0.1, 0.15) is 18.5 Å². The summed E-state index contributed by atoms with van der Waals surface area (Å²) in [5, 5.41) is 1.88. The Labute approximate surface area is 157 Å². The second kappa shape index (κ2) is 7.09. The Morgan fingerprint density at radius 3 is 2.74 bits per heavy atom. The zero-order chi connectivity index (χ0) is 19.0. The van der Waals surface area contributed by atoms with Gasteiger partial charge in [0, 0.05) is 24.5 Å². The lowest BCUT2D eigenvalue weighted by molar-refractivity contribution is -0.187. The van der Waals surface area contributed by atoms with Crippen LogP contribution in [-0.2, 0) is 6.54 Å². The maximum absolute atomic E-state index is 13.0. The average Bonchev–Trinajstić information content (AvgIpc) is 3.06. The number of benzene rings is 1. The number of piperidine rings is 1. The number of rotatable bonds is 3. The van der Waals surface area contributed by atoms with Crippen LogP contribution in [0.2, 0.25) is 0 Å². The van der Waals surface area contributed by atoms with Crippen molar-refractivity contribution >= 4 is 16.3 Å². The van der Waals surface area contributed by atoms with Gasteiger partial charge in [-0.1, -0.05) is 30.3 Å². The van der Waals surface area contributed by atoms with E-state index >= 15 is 0 Å². The van der Waals surface area contributed by atoms with Crippen molar-refractivity contribution in [3.05, 3.63) is 57.8 Å². The van der Waals surface area contributed by atoms with E-state index in [1.54, 1.807) is 9.30 Å². The van der Waals surface area contributed by atoms with Crippen LogP contribution in [0, 0.1) is 5.92 Å². The van der Waals surface area contributed by atoms with E-state index in [4.69, 9.17) is 0 Å². The SMILES string of the molecule is O=c1cc(CN2CCCC(C(F)(F)F)C2)nc2scc(-c3ccccc3)n12. The van der Waals surface area contributed by atoms with Gasteiger partial charge in [-0.15, -0.1) is 11.3 Å². The summed E-state index contributed by atoms with van der Waals surface area (Å²) in [6.07, 6.45) is -3.50. The van der Waals surface area contributed by atoms with Crippen molar-refractivity contribution in [3.63, 3.8) is 0 Å². The van der Waals surface area contributed by atoms with E-state index < -0.39 is 12.1 Å². The summed E-state index contributed by atoms with van der Waals surface area (Å²) in [6, 6.07) is 11.0. The Morgan fingerprint density at radius 1 is 1.22 bits per heavy atom. The minimum Gasteiger partial charge on any atom is -0.297 e. The van der Waals surface area contributed by atoms with E-state index in [-0.39, 0.29) is 25.1 Å². The van der Waals surface area contributed by atoms with E-state index in [0.29, 0.717) is 23.6 Å². The molecule has 4 nitrogen and oxygen atoms in total. The monoisotopic (exact) mass is 393 g/mol. The predicted molar refractivity (Wildman–Crippen MR) is 98.8 cm³/mol. The zero-order valence-corrected chi connectivity index (χ0v) is 15.3. The molecule has 0 saturated carbocycles. The predicted octanol–water partition coefficient (Wildman–Crippen LogP) is 4.20. The van der Waals surface area contributed by atoms with Crippen molar-refractivity contribution < 1.29 is 13.2 Å². The number of nitrogens with zero attached hydrogens (tertiary/aromatic N) is 3. The summed E-state index contributed by atoms with van der Waals surface area (Å²) in [6.45, 7) is 0.814. The van der Waals surface area contributed by atoms with Gasteiger partial charge in [-0.2, -0.15) is 13.2 Å². The molecule has 3 aromatic rings. The number of thiazole rings is 1. The minimum absolute atomic E-state index is 0.0374. The molecule has 0 N–H and O–H groups in total. The molecule has 4 rings (SSSR count).